The lowest BCUT2D eigenvalue weighted by atomic mass is 10.0. The predicted octanol–water partition coefficient (Wildman–Crippen LogP) is -0.702. The molecule has 0 aliphatic heterocycles. The molecule has 0 bridgehead atoms. The molecule has 0 aromatic heterocycles. The molecule has 8 heteroatoms. The first-order valence-electron chi connectivity index (χ1n) is 5.05. The van der Waals surface area contributed by atoms with Crippen molar-refractivity contribution in [2.45, 2.75) is 25.3 Å². The molecule has 0 radical (unpaired) electrons. The van der Waals surface area contributed by atoms with Crippen molar-refractivity contribution in [1.82, 2.24) is 9.03 Å². The van der Waals surface area contributed by atoms with Crippen LogP contribution < -0.4 is 10.5 Å². The van der Waals surface area contributed by atoms with Crippen molar-refractivity contribution in [3.63, 3.8) is 0 Å². The molecule has 16 heavy (non-hydrogen) atoms. The molecule has 0 spiro atoms. The van der Waals surface area contributed by atoms with E-state index in [1.807, 2.05) is 0 Å². The van der Waals surface area contributed by atoms with E-state index in [0.29, 0.717) is 6.42 Å². The maximum absolute atomic E-state index is 11.6. The molecule has 1 fully saturated rings. The molecule has 1 aliphatic carbocycles. The van der Waals surface area contributed by atoms with Crippen LogP contribution in [0.5, 0.6) is 0 Å². The standard InChI is InChI=1S/C8H18N4O3S/c1-12(2)16(14,15)11-7-5-3-4-6(7)8(9)10-13/h6-7,11,13H,3-5H2,1-2H3,(H2,9,10). The van der Waals surface area contributed by atoms with Gasteiger partial charge in [-0.2, -0.15) is 17.4 Å². The van der Waals surface area contributed by atoms with E-state index < -0.39 is 10.2 Å². The first-order chi connectivity index (χ1) is 7.38. The second-order valence-electron chi connectivity index (χ2n) is 4.07. The summed E-state index contributed by atoms with van der Waals surface area (Å²) >= 11 is 0. The van der Waals surface area contributed by atoms with E-state index in [1.54, 1.807) is 0 Å². The Balaban J connectivity index is 2.75. The topological polar surface area (TPSA) is 108 Å². The van der Waals surface area contributed by atoms with Gasteiger partial charge in [-0.15, -0.1) is 0 Å². The summed E-state index contributed by atoms with van der Waals surface area (Å²) in [6.45, 7) is 0. The van der Waals surface area contributed by atoms with Crippen molar-refractivity contribution in [2.75, 3.05) is 14.1 Å². The number of nitrogens with two attached hydrogens (primary N) is 1. The molecule has 0 saturated heterocycles. The number of oxime groups is 1. The molecular weight excluding hydrogens is 232 g/mol. The lowest BCUT2D eigenvalue weighted by Gasteiger charge is -2.21. The summed E-state index contributed by atoms with van der Waals surface area (Å²) in [7, 11) is -0.557. The van der Waals surface area contributed by atoms with Crippen LogP contribution in [0, 0.1) is 5.92 Å². The zero-order valence-corrected chi connectivity index (χ0v) is 10.2. The van der Waals surface area contributed by atoms with Crippen LogP contribution in [0.2, 0.25) is 0 Å². The molecule has 1 rings (SSSR count). The highest BCUT2D eigenvalue weighted by molar-refractivity contribution is 7.87. The van der Waals surface area contributed by atoms with Crippen molar-refractivity contribution >= 4 is 16.0 Å². The minimum absolute atomic E-state index is 0.0870. The first-order valence-corrected chi connectivity index (χ1v) is 6.49. The Hall–Kier alpha value is -0.860. The summed E-state index contributed by atoms with van der Waals surface area (Å²) in [4.78, 5) is 0. The third kappa shape index (κ3) is 2.83. The Kier molecular flexibility index (Phi) is 4.11. The third-order valence-electron chi connectivity index (χ3n) is 2.79. The van der Waals surface area contributed by atoms with E-state index in [1.165, 1.54) is 14.1 Å². The number of nitrogens with zero attached hydrogens (tertiary/aromatic N) is 2. The molecule has 4 N–H and O–H groups in total. The Bertz CT molecular complexity index is 365. The van der Waals surface area contributed by atoms with Crippen molar-refractivity contribution in [3.05, 3.63) is 0 Å². The average Bonchev–Trinajstić information content (AvgIpc) is 2.63. The van der Waals surface area contributed by atoms with Crippen LogP contribution >= 0.6 is 0 Å². The van der Waals surface area contributed by atoms with E-state index >= 15 is 0 Å². The molecular formula is C8H18N4O3S. The number of hydrogen-bond donors (Lipinski definition) is 3. The molecule has 94 valence electrons. The quantitative estimate of drug-likeness (QED) is 0.265. The van der Waals surface area contributed by atoms with Crippen molar-refractivity contribution in [3.8, 4) is 0 Å². The second kappa shape index (κ2) is 4.98. The SMILES string of the molecule is CN(C)S(=O)(=O)NC1CCCC1C(N)=NO. The van der Waals surface area contributed by atoms with Gasteiger partial charge in [0, 0.05) is 26.1 Å². The van der Waals surface area contributed by atoms with E-state index in [2.05, 4.69) is 9.88 Å². The van der Waals surface area contributed by atoms with Gasteiger partial charge >= 0.3 is 0 Å². The van der Waals surface area contributed by atoms with Gasteiger partial charge in [0.1, 0.15) is 5.84 Å². The minimum atomic E-state index is -3.47. The van der Waals surface area contributed by atoms with Crippen LogP contribution in [0.25, 0.3) is 0 Å². The van der Waals surface area contributed by atoms with Crippen molar-refractivity contribution in [1.29, 1.82) is 0 Å². The van der Waals surface area contributed by atoms with Gasteiger partial charge in [0.05, 0.1) is 0 Å². The molecule has 0 heterocycles. The van der Waals surface area contributed by atoms with Gasteiger partial charge < -0.3 is 10.9 Å². The van der Waals surface area contributed by atoms with Gasteiger partial charge in [0.2, 0.25) is 0 Å². The molecule has 2 atom stereocenters. The normalized spacial score (nSPS) is 27.6. The van der Waals surface area contributed by atoms with Crippen LogP contribution in [-0.2, 0) is 10.2 Å². The largest absolute Gasteiger partial charge is 0.409 e. The van der Waals surface area contributed by atoms with Gasteiger partial charge in [-0.3, -0.25) is 0 Å². The van der Waals surface area contributed by atoms with E-state index in [-0.39, 0.29) is 17.8 Å². The van der Waals surface area contributed by atoms with Gasteiger partial charge in [-0.05, 0) is 12.8 Å². The predicted molar refractivity (Wildman–Crippen MR) is 60.3 cm³/mol. The number of rotatable bonds is 4. The summed E-state index contributed by atoms with van der Waals surface area (Å²) in [5.74, 6) is -0.135. The zero-order valence-electron chi connectivity index (χ0n) is 9.42. The van der Waals surface area contributed by atoms with E-state index in [0.717, 1.165) is 17.1 Å². The molecule has 0 aromatic rings. The van der Waals surface area contributed by atoms with Crippen LogP contribution in [0.4, 0.5) is 0 Å². The Morgan fingerprint density at radius 2 is 2.12 bits per heavy atom. The summed E-state index contributed by atoms with van der Waals surface area (Å²) in [6, 6.07) is -0.289. The Morgan fingerprint density at radius 3 is 2.62 bits per heavy atom. The van der Waals surface area contributed by atoms with Crippen molar-refractivity contribution in [2.24, 2.45) is 16.8 Å². The van der Waals surface area contributed by atoms with E-state index in [4.69, 9.17) is 10.9 Å². The van der Waals surface area contributed by atoms with Gasteiger partial charge in [-0.25, -0.2) is 0 Å². The number of nitrogens with one attached hydrogen (secondary N) is 1. The fraction of sp³-hybridized carbons (Fsp3) is 0.875. The molecule has 2 unspecified atom stereocenters. The van der Waals surface area contributed by atoms with Gasteiger partial charge in [0.15, 0.2) is 0 Å². The molecule has 1 saturated carbocycles. The maximum atomic E-state index is 11.6. The fourth-order valence-corrected chi connectivity index (χ4v) is 2.70. The number of hydrogen-bond acceptors (Lipinski definition) is 4. The van der Waals surface area contributed by atoms with E-state index in [9.17, 15) is 8.42 Å². The highest BCUT2D eigenvalue weighted by Crippen LogP contribution is 2.26. The lowest BCUT2D eigenvalue weighted by molar-refractivity contribution is 0.312. The van der Waals surface area contributed by atoms with Gasteiger partial charge in [-0.1, -0.05) is 11.6 Å². The summed E-state index contributed by atoms with van der Waals surface area (Å²) in [5.41, 5.74) is 5.52. The monoisotopic (exact) mass is 250 g/mol. The highest BCUT2D eigenvalue weighted by Gasteiger charge is 2.34. The van der Waals surface area contributed by atoms with Crippen LogP contribution in [0.3, 0.4) is 0 Å². The average molecular weight is 250 g/mol. The second-order valence-corrected chi connectivity index (χ2v) is 5.99. The Morgan fingerprint density at radius 1 is 1.50 bits per heavy atom. The molecule has 7 nitrogen and oxygen atoms in total. The molecule has 1 aliphatic rings. The maximum Gasteiger partial charge on any atom is 0.279 e. The summed E-state index contributed by atoms with van der Waals surface area (Å²) < 4.78 is 26.9. The molecule has 0 aromatic carbocycles. The third-order valence-corrected chi connectivity index (χ3v) is 4.35. The Labute approximate surface area is 95.5 Å². The van der Waals surface area contributed by atoms with Crippen molar-refractivity contribution < 1.29 is 13.6 Å². The highest BCUT2D eigenvalue weighted by atomic mass is 32.2. The smallest absolute Gasteiger partial charge is 0.279 e. The fourth-order valence-electron chi connectivity index (χ4n) is 1.83. The van der Waals surface area contributed by atoms with Crippen LogP contribution in [0.15, 0.2) is 5.16 Å². The minimum Gasteiger partial charge on any atom is -0.409 e. The van der Waals surface area contributed by atoms with Crippen LogP contribution in [-0.4, -0.2) is 43.9 Å². The summed E-state index contributed by atoms with van der Waals surface area (Å²) in [6.07, 6.45) is 2.30. The van der Waals surface area contributed by atoms with Gasteiger partial charge in [0.25, 0.3) is 10.2 Å². The lowest BCUT2D eigenvalue weighted by Crippen LogP contribution is -2.46. The zero-order chi connectivity index (χ0) is 12.3. The van der Waals surface area contributed by atoms with Crippen LogP contribution in [0.1, 0.15) is 19.3 Å². The molecule has 0 amide bonds. The first kappa shape index (κ1) is 13.2. The summed E-state index contributed by atoms with van der Waals surface area (Å²) in [5, 5.41) is 11.5. The number of amidine groups is 1.